The first kappa shape index (κ1) is 13.2. The number of nitriles is 1. The predicted molar refractivity (Wildman–Crippen MR) is 80.0 cm³/mol. The molecule has 0 saturated carbocycles. The van der Waals surface area contributed by atoms with Crippen molar-refractivity contribution in [2.45, 2.75) is 0 Å². The highest BCUT2D eigenvalue weighted by Gasteiger charge is 2.11. The molecule has 2 aromatic carbocycles. The summed E-state index contributed by atoms with van der Waals surface area (Å²) in [4.78, 5) is 11.1. The molecule has 0 atom stereocenters. The van der Waals surface area contributed by atoms with Crippen molar-refractivity contribution in [3.63, 3.8) is 0 Å². The maximum Gasteiger partial charge on any atom is 0.346 e. The zero-order chi connectivity index (χ0) is 14.8. The smallest absolute Gasteiger partial charge is 0.346 e. The maximum atomic E-state index is 10.9. The van der Waals surface area contributed by atoms with Crippen LogP contribution >= 0.6 is 11.3 Å². The Morgan fingerprint density at radius 1 is 1.19 bits per heavy atom. The Bertz CT molecular complexity index is 877. The SMILES string of the molecule is N#Cc1ccc(Oc2csc(C(=O)O)c2)c2ccccc12. The second-order valence-electron chi connectivity index (χ2n) is 4.32. The van der Waals surface area contributed by atoms with Gasteiger partial charge in [0.25, 0.3) is 0 Å². The molecule has 1 aromatic heterocycles. The molecule has 0 spiro atoms. The first-order chi connectivity index (χ1) is 10.2. The number of hydrogen-bond acceptors (Lipinski definition) is 4. The number of carboxylic acid groups (broad SMARTS) is 1. The van der Waals surface area contributed by atoms with Gasteiger partial charge in [-0.25, -0.2) is 4.79 Å². The molecule has 0 aliphatic heterocycles. The third-order valence-corrected chi connectivity index (χ3v) is 3.92. The first-order valence-electron chi connectivity index (χ1n) is 6.10. The van der Waals surface area contributed by atoms with Crippen LogP contribution in [0.5, 0.6) is 11.5 Å². The molecule has 0 aliphatic rings. The molecule has 0 amide bonds. The van der Waals surface area contributed by atoms with E-state index in [1.54, 1.807) is 17.5 Å². The fourth-order valence-corrected chi connectivity index (χ4v) is 2.71. The molecule has 102 valence electrons. The van der Waals surface area contributed by atoms with E-state index in [1.807, 2.05) is 24.3 Å². The lowest BCUT2D eigenvalue weighted by Gasteiger charge is -2.08. The molecule has 21 heavy (non-hydrogen) atoms. The van der Waals surface area contributed by atoms with E-state index in [1.165, 1.54) is 6.07 Å². The van der Waals surface area contributed by atoms with Crippen LogP contribution in [0.1, 0.15) is 15.2 Å². The summed E-state index contributed by atoms with van der Waals surface area (Å²) in [5.41, 5.74) is 0.578. The second-order valence-corrected chi connectivity index (χ2v) is 5.23. The number of nitrogens with zero attached hydrogens (tertiary/aromatic N) is 1. The van der Waals surface area contributed by atoms with Gasteiger partial charge in [0.15, 0.2) is 0 Å². The molecule has 4 nitrogen and oxygen atoms in total. The number of ether oxygens (including phenoxy) is 1. The van der Waals surface area contributed by atoms with E-state index in [2.05, 4.69) is 6.07 Å². The van der Waals surface area contributed by atoms with E-state index in [9.17, 15) is 4.79 Å². The number of hydrogen-bond donors (Lipinski definition) is 1. The van der Waals surface area contributed by atoms with E-state index >= 15 is 0 Å². The molecule has 0 unspecified atom stereocenters. The highest BCUT2D eigenvalue weighted by atomic mass is 32.1. The van der Waals surface area contributed by atoms with Gasteiger partial charge in [0.05, 0.1) is 11.6 Å². The highest BCUT2D eigenvalue weighted by Crippen LogP contribution is 2.33. The molecular weight excluding hydrogens is 286 g/mol. The Labute approximate surface area is 124 Å². The summed E-state index contributed by atoms with van der Waals surface area (Å²) < 4.78 is 5.76. The van der Waals surface area contributed by atoms with Crippen molar-refractivity contribution in [2.24, 2.45) is 0 Å². The monoisotopic (exact) mass is 295 g/mol. The molecule has 1 N–H and O–H groups in total. The molecule has 0 fully saturated rings. The van der Waals surface area contributed by atoms with Gasteiger partial charge in [-0.1, -0.05) is 24.3 Å². The fourth-order valence-electron chi connectivity index (χ4n) is 2.07. The Morgan fingerprint density at radius 3 is 2.62 bits per heavy atom. The lowest BCUT2D eigenvalue weighted by molar-refractivity contribution is 0.0702. The molecule has 0 aliphatic carbocycles. The highest BCUT2D eigenvalue weighted by molar-refractivity contribution is 7.12. The van der Waals surface area contributed by atoms with Gasteiger partial charge < -0.3 is 9.84 Å². The number of rotatable bonds is 3. The van der Waals surface area contributed by atoms with Crippen LogP contribution in [0.25, 0.3) is 10.8 Å². The summed E-state index contributed by atoms with van der Waals surface area (Å²) in [5.74, 6) is 0.103. The normalized spacial score (nSPS) is 10.2. The van der Waals surface area contributed by atoms with Gasteiger partial charge in [0.1, 0.15) is 16.4 Å². The Balaban J connectivity index is 2.05. The van der Waals surface area contributed by atoms with Crippen LogP contribution in [-0.4, -0.2) is 11.1 Å². The minimum absolute atomic E-state index is 0.225. The van der Waals surface area contributed by atoms with Crippen molar-refractivity contribution < 1.29 is 14.6 Å². The zero-order valence-corrected chi connectivity index (χ0v) is 11.6. The van der Waals surface area contributed by atoms with Crippen molar-refractivity contribution >= 4 is 28.1 Å². The molecule has 0 saturated heterocycles. The van der Waals surface area contributed by atoms with Crippen LogP contribution in [0.3, 0.4) is 0 Å². The van der Waals surface area contributed by atoms with E-state index in [0.717, 1.165) is 22.1 Å². The number of thiophene rings is 1. The standard InChI is InChI=1S/C16H9NO3S/c17-8-10-5-6-14(13-4-2-1-3-12(10)13)20-11-7-15(16(18)19)21-9-11/h1-7,9H,(H,18,19). The fraction of sp³-hybridized carbons (Fsp3) is 0. The van der Waals surface area contributed by atoms with Crippen LogP contribution < -0.4 is 4.74 Å². The van der Waals surface area contributed by atoms with Gasteiger partial charge in [-0.2, -0.15) is 5.26 Å². The molecule has 0 radical (unpaired) electrons. The number of aromatic carboxylic acids is 1. The van der Waals surface area contributed by atoms with Gasteiger partial charge in [-0.15, -0.1) is 11.3 Å². The van der Waals surface area contributed by atoms with Crippen molar-refractivity contribution in [1.29, 1.82) is 5.26 Å². The zero-order valence-electron chi connectivity index (χ0n) is 10.7. The van der Waals surface area contributed by atoms with E-state index in [0.29, 0.717) is 17.1 Å². The van der Waals surface area contributed by atoms with Crippen LogP contribution in [-0.2, 0) is 0 Å². The Morgan fingerprint density at radius 2 is 1.95 bits per heavy atom. The number of fused-ring (bicyclic) bond motifs is 1. The van der Waals surface area contributed by atoms with Crippen LogP contribution in [0.15, 0.2) is 47.8 Å². The number of carbonyl (C=O) groups is 1. The van der Waals surface area contributed by atoms with E-state index < -0.39 is 5.97 Å². The first-order valence-corrected chi connectivity index (χ1v) is 6.98. The minimum Gasteiger partial charge on any atom is -0.477 e. The summed E-state index contributed by atoms with van der Waals surface area (Å²) in [6.07, 6.45) is 0. The third-order valence-electron chi connectivity index (χ3n) is 3.02. The summed E-state index contributed by atoms with van der Waals surface area (Å²) in [6, 6.07) is 14.5. The van der Waals surface area contributed by atoms with Gasteiger partial charge >= 0.3 is 5.97 Å². The average molecular weight is 295 g/mol. The van der Waals surface area contributed by atoms with Crippen LogP contribution in [0.2, 0.25) is 0 Å². The molecular formula is C16H9NO3S. The molecule has 3 rings (SSSR count). The molecule has 1 heterocycles. The topological polar surface area (TPSA) is 70.3 Å². The van der Waals surface area contributed by atoms with Crippen molar-refractivity contribution in [2.75, 3.05) is 0 Å². The lowest BCUT2D eigenvalue weighted by Crippen LogP contribution is -1.90. The summed E-state index contributed by atoms with van der Waals surface area (Å²) in [7, 11) is 0. The average Bonchev–Trinajstić information content (AvgIpc) is 2.96. The third kappa shape index (κ3) is 2.45. The Hall–Kier alpha value is -2.84. The summed E-state index contributed by atoms with van der Waals surface area (Å²) in [5, 5.41) is 21.3. The second kappa shape index (κ2) is 5.27. The van der Waals surface area contributed by atoms with Gasteiger partial charge in [0, 0.05) is 22.2 Å². The lowest BCUT2D eigenvalue weighted by atomic mass is 10.0. The predicted octanol–water partition coefficient (Wildman–Crippen LogP) is 4.26. The molecule has 5 heteroatoms. The van der Waals surface area contributed by atoms with Crippen molar-refractivity contribution in [1.82, 2.24) is 0 Å². The number of carboxylic acids is 1. The van der Waals surface area contributed by atoms with Crippen LogP contribution in [0, 0.1) is 11.3 Å². The van der Waals surface area contributed by atoms with E-state index in [-0.39, 0.29) is 4.88 Å². The maximum absolute atomic E-state index is 10.9. The van der Waals surface area contributed by atoms with Gasteiger partial charge in [-0.3, -0.25) is 0 Å². The quantitative estimate of drug-likeness (QED) is 0.783. The van der Waals surface area contributed by atoms with Gasteiger partial charge in [0.2, 0.25) is 0 Å². The van der Waals surface area contributed by atoms with Crippen molar-refractivity contribution in [3.8, 4) is 17.6 Å². The molecule has 3 aromatic rings. The van der Waals surface area contributed by atoms with Crippen LogP contribution in [0.4, 0.5) is 0 Å². The van der Waals surface area contributed by atoms with Crippen molar-refractivity contribution in [3.05, 3.63) is 58.3 Å². The van der Waals surface area contributed by atoms with Gasteiger partial charge in [-0.05, 0) is 12.1 Å². The Kier molecular flexibility index (Phi) is 3.30. The summed E-state index contributed by atoms with van der Waals surface area (Å²) >= 11 is 1.11. The minimum atomic E-state index is -0.973. The molecule has 0 bridgehead atoms. The van der Waals surface area contributed by atoms with E-state index in [4.69, 9.17) is 15.1 Å². The number of benzene rings is 2. The largest absolute Gasteiger partial charge is 0.477 e. The summed E-state index contributed by atoms with van der Waals surface area (Å²) in [6.45, 7) is 0.